The molecule has 1 aromatic rings. The fraction of sp³-hybridized carbons (Fsp3) is 0.765. The van der Waals surface area contributed by atoms with Crippen LogP contribution in [0.15, 0.2) is 12.4 Å². The zero-order valence-corrected chi connectivity index (χ0v) is 14.4. The number of rotatable bonds is 4. The summed E-state index contributed by atoms with van der Waals surface area (Å²) in [4.78, 5) is 14.6. The van der Waals surface area contributed by atoms with E-state index in [1.807, 2.05) is 19.4 Å². The van der Waals surface area contributed by atoms with Gasteiger partial charge in [-0.05, 0) is 25.7 Å². The Kier molecular flexibility index (Phi) is 5.60. The number of aliphatic hydroxyl groups excluding tert-OH is 1. The molecular formula is C17H29N5O2. The number of hydrogen-bond donors (Lipinski definition) is 3. The molecule has 0 aromatic carbocycles. The van der Waals surface area contributed by atoms with E-state index in [1.165, 1.54) is 0 Å². The normalized spacial score (nSPS) is 27.8. The zero-order valence-electron chi connectivity index (χ0n) is 14.4. The topological polar surface area (TPSA) is 82.4 Å². The van der Waals surface area contributed by atoms with E-state index >= 15 is 0 Å². The summed E-state index contributed by atoms with van der Waals surface area (Å²) in [7, 11) is 1.92. The first-order chi connectivity index (χ1) is 11.7. The van der Waals surface area contributed by atoms with Crippen LogP contribution in [0.1, 0.15) is 38.5 Å². The average Bonchev–Trinajstić information content (AvgIpc) is 3.02. The highest BCUT2D eigenvalue weighted by atomic mass is 16.3. The van der Waals surface area contributed by atoms with Crippen molar-refractivity contribution in [2.24, 2.45) is 13.0 Å². The van der Waals surface area contributed by atoms with E-state index in [9.17, 15) is 9.90 Å². The molecule has 7 heteroatoms. The molecule has 3 atom stereocenters. The molecule has 0 radical (unpaired) electrons. The number of anilines is 1. The molecule has 2 amide bonds. The number of amides is 2. The molecule has 3 N–H and O–H groups in total. The molecule has 2 heterocycles. The van der Waals surface area contributed by atoms with Crippen molar-refractivity contribution < 1.29 is 9.90 Å². The van der Waals surface area contributed by atoms with Crippen LogP contribution >= 0.6 is 0 Å². The van der Waals surface area contributed by atoms with Crippen molar-refractivity contribution in [2.75, 3.05) is 24.6 Å². The highest BCUT2D eigenvalue weighted by molar-refractivity contribution is 5.74. The molecule has 1 aliphatic heterocycles. The molecule has 7 nitrogen and oxygen atoms in total. The second-order valence-electron chi connectivity index (χ2n) is 7.11. The van der Waals surface area contributed by atoms with E-state index in [1.54, 1.807) is 4.68 Å². The number of nitrogens with one attached hydrogen (secondary N) is 2. The van der Waals surface area contributed by atoms with E-state index in [2.05, 4.69) is 20.6 Å². The molecule has 1 saturated carbocycles. The Labute approximate surface area is 143 Å². The Morgan fingerprint density at radius 3 is 2.88 bits per heavy atom. The SMILES string of the molecule is Cn1cc(N2CCC[C@H](NC(=O)N[C@@H]3CCCC[C@H]3CO)C2)cn1. The van der Waals surface area contributed by atoms with Gasteiger partial charge in [-0.25, -0.2) is 4.79 Å². The summed E-state index contributed by atoms with van der Waals surface area (Å²) < 4.78 is 1.80. The molecule has 2 aliphatic rings. The van der Waals surface area contributed by atoms with Crippen LogP contribution in [0.3, 0.4) is 0 Å². The smallest absolute Gasteiger partial charge is 0.315 e. The van der Waals surface area contributed by atoms with Crippen molar-refractivity contribution in [3.63, 3.8) is 0 Å². The van der Waals surface area contributed by atoms with E-state index in [4.69, 9.17) is 0 Å². The Morgan fingerprint density at radius 1 is 1.29 bits per heavy atom. The summed E-state index contributed by atoms with van der Waals surface area (Å²) >= 11 is 0. The summed E-state index contributed by atoms with van der Waals surface area (Å²) in [5, 5.41) is 19.9. The molecule has 0 spiro atoms. The molecule has 2 fully saturated rings. The summed E-state index contributed by atoms with van der Waals surface area (Å²) in [5.41, 5.74) is 1.11. The number of aryl methyl sites for hydroxylation is 1. The van der Waals surface area contributed by atoms with Gasteiger partial charge in [0.1, 0.15) is 0 Å². The van der Waals surface area contributed by atoms with Crippen LogP contribution in [-0.4, -0.2) is 52.7 Å². The van der Waals surface area contributed by atoms with Crippen molar-refractivity contribution in [2.45, 2.75) is 50.6 Å². The van der Waals surface area contributed by atoms with Crippen molar-refractivity contribution in [3.8, 4) is 0 Å². The van der Waals surface area contributed by atoms with E-state index in [0.29, 0.717) is 0 Å². The maximum atomic E-state index is 12.3. The van der Waals surface area contributed by atoms with Gasteiger partial charge in [0.25, 0.3) is 0 Å². The minimum absolute atomic E-state index is 0.0987. The molecule has 1 aliphatic carbocycles. The third kappa shape index (κ3) is 4.20. The van der Waals surface area contributed by atoms with Gasteiger partial charge in [0.2, 0.25) is 0 Å². The molecule has 1 saturated heterocycles. The monoisotopic (exact) mass is 335 g/mol. The number of hydrogen-bond acceptors (Lipinski definition) is 4. The van der Waals surface area contributed by atoms with Crippen molar-refractivity contribution in [1.29, 1.82) is 0 Å². The molecular weight excluding hydrogens is 306 g/mol. The lowest BCUT2D eigenvalue weighted by Gasteiger charge is -2.35. The molecule has 134 valence electrons. The van der Waals surface area contributed by atoms with Crippen LogP contribution in [-0.2, 0) is 7.05 Å². The fourth-order valence-electron chi connectivity index (χ4n) is 3.91. The number of aliphatic hydroxyl groups is 1. The largest absolute Gasteiger partial charge is 0.396 e. The Hall–Kier alpha value is -1.76. The quantitative estimate of drug-likeness (QED) is 0.773. The van der Waals surface area contributed by atoms with Gasteiger partial charge in [0.15, 0.2) is 0 Å². The number of aromatic nitrogens is 2. The third-order valence-corrected chi connectivity index (χ3v) is 5.27. The standard InChI is InChI=1S/C17H29N5O2/c1-21-11-15(9-18-21)22-8-4-6-14(10-22)19-17(24)20-16-7-3-2-5-13(16)12-23/h9,11,13-14,16,23H,2-8,10,12H2,1H3,(H2,19,20,24)/t13-,14-,16+/m0/s1. The minimum Gasteiger partial charge on any atom is -0.396 e. The fourth-order valence-corrected chi connectivity index (χ4v) is 3.91. The van der Waals surface area contributed by atoms with Gasteiger partial charge in [-0.3, -0.25) is 4.68 Å². The van der Waals surface area contributed by atoms with Gasteiger partial charge in [0.05, 0.1) is 11.9 Å². The maximum Gasteiger partial charge on any atom is 0.315 e. The average molecular weight is 335 g/mol. The first kappa shape index (κ1) is 17.1. The van der Waals surface area contributed by atoms with Crippen LogP contribution in [0.4, 0.5) is 10.5 Å². The molecule has 3 rings (SSSR count). The number of urea groups is 1. The maximum absolute atomic E-state index is 12.3. The van der Waals surface area contributed by atoms with Gasteiger partial charge in [-0.2, -0.15) is 5.10 Å². The highest BCUT2D eigenvalue weighted by Crippen LogP contribution is 2.24. The van der Waals surface area contributed by atoms with Crippen LogP contribution in [0.25, 0.3) is 0 Å². The number of nitrogens with zero attached hydrogens (tertiary/aromatic N) is 3. The highest BCUT2D eigenvalue weighted by Gasteiger charge is 2.27. The van der Waals surface area contributed by atoms with Crippen molar-refractivity contribution in [1.82, 2.24) is 20.4 Å². The summed E-state index contributed by atoms with van der Waals surface area (Å²) in [6, 6.07) is 0.148. The van der Waals surface area contributed by atoms with Crippen molar-refractivity contribution in [3.05, 3.63) is 12.4 Å². The molecule has 0 unspecified atom stereocenters. The number of piperidine rings is 1. The first-order valence-corrected chi connectivity index (χ1v) is 9.07. The van der Waals surface area contributed by atoms with Crippen LogP contribution in [0.5, 0.6) is 0 Å². The second-order valence-corrected chi connectivity index (χ2v) is 7.11. The lowest BCUT2D eigenvalue weighted by Crippen LogP contribution is -2.54. The van der Waals surface area contributed by atoms with E-state index < -0.39 is 0 Å². The Balaban J connectivity index is 1.50. The van der Waals surface area contributed by atoms with Crippen LogP contribution < -0.4 is 15.5 Å². The van der Waals surface area contributed by atoms with E-state index in [0.717, 1.165) is 57.3 Å². The van der Waals surface area contributed by atoms with Crippen LogP contribution in [0, 0.1) is 5.92 Å². The van der Waals surface area contributed by atoms with Crippen molar-refractivity contribution >= 4 is 11.7 Å². The Bertz CT molecular complexity index is 547. The number of carbonyl (C=O) groups is 1. The van der Waals surface area contributed by atoms with Crippen LogP contribution in [0.2, 0.25) is 0 Å². The summed E-state index contributed by atoms with van der Waals surface area (Å²) in [6.45, 7) is 1.97. The lowest BCUT2D eigenvalue weighted by atomic mass is 9.85. The summed E-state index contributed by atoms with van der Waals surface area (Å²) in [5.74, 6) is 0.197. The molecule has 24 heavy (non-hydrogen) atoms. The predicted molar refractivity (Wildman–Crippen MR) is 92.9 cm³/mol. The summed E-state index contributed by atoms with van der Waals surface area (Å²) in [6.07, 6.45) is 10.2. The Morgan fingerprint density at radius 2 is 2.12 bits per heavy atom. The van der Waals surface area contributed by atoms with Gasteiger partial charge in [0, 0.05) is 50.9 Å². The number of carbonyl (C=O) groups excluding carboxylic acids is 1. The van der Waals surface area contributed by atoms with Gasteiger partial charge in [-0.1, -0.05) is 12.8 Å². The third-order valence-electron chi connectivity index (χ3n) is 5.27. The van der Waals surface area contributed by atoms with Gasteiger partial charge >= 0.3 is 6.03 Å². The van der Waals surface area contributed by atoms with E-state index in [-0.39, 0.29) is 30.6 Å². The van der Waals surface area contributed by atoms with Gasteiger partial charge in [-0.15, -0.1) is 0 Å². The minimum atomic E-state index is -0.0987. The zero-order chi connectivity index (χ0) is 16.9. The second kappa shape index (κ2) is 7.88. The first-order valence-electron chi connectivity index (χ1n) is 9.07. The predicted octanol–water partition coefficient (Wildman–Crippen LogP) is 1.24. The molecule has 0 bridgehead atoms. The lowest BCUT2D eigenvalue weighted by molar-refractivity contribution is 0.153. The molecule has 1 aromatic heterocycles. The van der Waals surface area contributed by atoms with Gasteiger partial charge < -0.3 is 20.6 Å².